The van der Waals surface area contributed by atoms with Crippen LogP contribution in [-0.4, -0.2) is 24.6 Å². The molecule has 0 saturated carbocycles. The van der Waals surface area contributed by atoms with Gasteiger partial charge in [-0.2, -0.15) is 0 Å². The minimum absolute atomic E-state index is 0.262. The summed E-state index contributed by atoms with van der Waals surface area (Å²) in [6.07, 6.45) is -0.939. The molecule has 1 N–H and O–H groups in total. The van der Waals surface area contributed by atoms with Gasteiger partial charge in [-0.15, -0.1) is 0 Å². The Kier molecular flexibility index (Phi) is 6.42. The number of rotatable bonds is 6. The maximum Gasteiger partial charge on any atom is 0.344 e. The first-order valence-corrected chi connectivity index (χ1v) is 8.18. The highest BCUT2D eigenvalue weighted by Gasteiger charge is 2.18. The third kappa shape index (κ3) is 6.12. The third-order valence-electron chi connectivity index (χ3n) is 3.34. The van der Waals surface area contributed by atoms with Gasteiger partial charge in [0.1, 0.15) is 5.75 Å². The van der Waals surface area contributed by atoms with Gasteiger partial charge in [0.15, 0.2) is 12.7 Å². The molecule has 6 heteroatoms. The van der Waals surface area contributed by atoms with Crippen molar-refractivity contribution in [2.24, 2.45) is 0 Å². The van der Waals surface area contributed by atoms with Crippen LogP contribution in [-0.2, 0) is 14.3 Å². The summed E-state index contributed by atoms with van der Waals surface area (Å²) in [6, 6.07) is 12.3. The van der Waals surface area contributed by atoms with E-state index in [0.717, 1.165) is 11.1 Å². The Hall–Kier alpha value is -2.53. The van der Waals surface area contributed by atoms with Gasteiger partial charge in [-0.1, -0.05) is 17.7 Å². The number of benzene rings is 2. The van der Waals surface area contributed by atoms with E-state index in [1.165, 1.54) is 6.92 Å². The monoisotopic (exact) mass is 361 g/mol. The molecule has 2 rings (SSSR count). The Morgan fingerprint density at radius 1 is 1.08 bits per heavy atom. The largest absolute Gasteiger partial charge is 0.482 e. The van der Waals surface area contributed by atoms with Gasteiger partial charge in [0.2, 0.25) is 0 Å². The van der Waals surface area contributed by atoms with Crippen molar-refractivity contribution in [3.8, 4) is 5.75 Å². The van der Waals surface area contributed by atoms with Gasteiger partial charge in [0, 0.05) is 10.7 Å². The van der Waals surface area contributed by atoms with Crippen LogP contribution < -0.4 is 10.1 Å². The SMILES string of the molecule is Cc1cc(C)cc(OCC(=O)OC(C)C(=O)Nc2ccc(Cl)cc2)c1. The second-order valence-electron chi connectivity index (χ2n) is 5.74. The molecule has 1 atom stereocenters. The van der Waals surface area contributed by atoms with Gasteiger partial charge in [-0.05, 0) is 68.3 Å². The van der Waals surface area contributed by atoms with Crippen molar-refractivity contribution in [3.05, 3.63) is 58.6 Å². The second kappa shape index (κ2) is 8.53. The van der Waals surface area contributed by atoms with Crippen molar-refractivity contribution in [2.75, 3.05) is 11.9 Å². The molecule has 0 bridgehead atoms. The molecule has 2 aromatic rings. The molecule has 132 valence electrons. The number of carbonyl (C=O) groups is 2. The summed E-state index contributed by atoms with van der Waals surface area (Å²) in [5.41, 5.74) is 2.65. The maximum absolute atomic E-state index is 12.0. The van der Waals surface area contributed by atoms with Crippen LogP contribution in [0.15, 0.2) is 42.5 Å². The van der Waals surface area contributed by atoms with Gasteiger partial charge < -0.3 is 14.8 Å². The van der Waals surface area contributed by atoms with E-state index in [4.69, 9.17) is 21.1 Å². The molecule has 0 spiro atoms. The van der Waals surface area contributed by atoms with Crippen LogP contribution in [0, 0.1) is 13.8 Å². The van der Waals surface area contributed by atoms with Crippen LogP contribution in [0.5, 0.6) is 5.75 Å². The zero-order valence-corrected chi connectivity index (χ0v) is 15.1. The summed E-state index contributed by atoms with van der Waals surface area (Å²) in [5.74, 6) is -0.451. The molecule has 0 aromatic heterocycles. The van der Waals surface area contributed by atoms with Crippen LogP contribution in [0.2, 0.25) is 5.02 Å². The van der Waals surface area contributed by atoms with Crippen LogP contribution in [0.4, 0.5) is 5.69 Å². The number of ether oxygens (including phenoxy) is 2. The Labute approximate surface area is 151 Å². The highest BCUT2D eigenvalue weighted by Crippen LogP contribution is 2.16. The normalized spacial score (nSPS) is 11.5. The summed E-state index contributed by atoms with van der Waals surface area (Å²) in [4.78, 5) is 23.9. The lowest BCUT2D eigenvalue weighted by Crippen LogP contribution is -2.31. The van der Waals surface area contributed by atoms with E-state index in [-0.39, 0.29) is 6.61 Å². The van der Waals surface area contributed by atoms with Crippen LogP contribution in [0.25, 0.3) is 0 Å². The van der Waals surface area contributed by atoms with Gasteiger partial charge in [0.05, 0.1) is 0 Å². The summed E-state index contributed by atoms with van der Waals surface area (Å²) in [5, 5.41) is 3.22. The number of anilines is 1. The molecule has 0 aliphatic rings. The average molecular weight is 362 g/mol. The van der Waals surface area contributed by atoms with E-state index >= 15 is 0 Å². The van der Waals surface area contributed by atoms with Crippen molar-refractivity contribution in [2.45, 2.75) is 26.9 Å². The first-order chi connectivity index (χ1) is 11.8. The van der Waals surface area contributed by atoms with Crippen molar-refractivity contribution >= 4 is 29.2 Å². The molecule has 1 amide bonds. The average Bonchev–Trinajstić information content (AvgIpc) is 2.54. The number of nitrogens with one attached hydrogen (secondary N) is 1. The van der Waals surface area contributed by atoms with Crippen LogP contribution >= 0.6 is 11.6 Å². The molecule has 1 unspecified atom stereocenters. The smallest absolute Gasteiger partial charge is 0.344 e. The molecule has 2 aromatic carbocycles. The van der Waals surface area contributed by atoms with E-state index < -0.39 is 18.0 Å². The predicted octanol–water partition coefficient (Wildman–Crippen LogP) is 3.91. The van der Waals surface area contributed by atoms with Crippen LogP contribution in [0.1, 0.15) is 18.1 Å². The zero-order valence-electron chi connectivity index (χ0n) is 14.3. The maximum atomic E-state index is 12.0. The van der Waals surface area contributed by atoms with Crippen molar-refractivity contribution in [3.63, 3.8) is 0 Å². The highest BCUT2D eigenvalue weighted by atomic mass is 35.5. The number of aryl methyl sites for hydroxylation is 2. The summed E-state index contributed by atoms with van der Waals surface area (Å²) < 4.78 is 10.5. The van der Waals surface area contributed by atoms with E-state index in [1.807, 2.05) is 32.0 Å². The summed E-state index contributed by atoms with van der Waals surface area (Å²) in [7, 11) is 0. The van der Waals surface area contributed by atoms with E-state index in [1.54, 1.807) is 24.3 Å². The number of halogens is 1. The molecule has 0 fully saturated rings. The minimum atomic E-state index is -0.939. The first-order valence-electron chi connectivity index (χ1n) is 7.80. The first kappa shape index (κ1) is 18.8. The highest BCUT2D eigenvalue weighted by molar-refractivity contribution is 6.30. The summed E-state index contributed by atoms with van der Waals surface area (Å²) in [6.45, 7) is 5.13. The molecular formula is C19H20ClNO4. The number of hydrogen-bond donors (Lipinski definition) is 1. The fourth-order valence-corrected chi connectivity index (χ4v) is 2.35. The number of esters is 1. The Morgan fingerprint density at radius 2 is 1.68 bits per heavy atom. The van der Waals surface area contributed by atoms with Gasteiger partial charge >= 0.3 is 5.97 Å². The van der Waals surface area contributed by atoms with E-state index in [2.05, 4.69) is 5.32 Å². The van der Waals surface area contributed by atoms with Gasteiger partial charge in [-0.3, -0.25) is 4.79 Å². The number of carbonyl (C=O) groups excluding carboxylic acids is 2. The van der Waals surface area contributed by atoms with Crippen molar-refractivity contribution < 1.29 is 19.1 Å². The molecular weight excluding hydrogens is 342 g/mol. The molecule has 0 radical (unpaired) electrons. The standard InChI is InChI=1S/C19H20ClNO4/c1-12-8-13(2)10-17(9-12)24-11-18(22)25-14(3)19(23)21-16-6-4-15(20)5-7-16/h4-10,14H,11H2,1-3H3,(H,21,23). The zero-order chi connectivity index (χ0) is 18.4. The van der Waals surface area contributed by atoms with Crippen molar-refractivity contribution in [1.82, 2.24) is 0 Å². The lowest BCUT2D eigenvalue weighted by Gasteiger charge is -2.14. The molecule has 0 saturated heterocycles. The fraction of sp³-hybridized carbons (Fsp3) is 0.263. The molecule has 5 nitrogen and oxygen atoms in total. The quantitative estimate of drug-likeness (QED) is 0.792. The van der Waals surface area contributed by atoms with Crippen LogP contribution in [0.3, 0.4) is 0 Å². The Balaban J connectivity index is 1.82. The van der Waals surface area contributed by atoms with Crippen molar-refractivity contribution in [1.29, 1.82) is 0 Å². The lowest BCUT2D eigenvalue weighted by molar-refractivity contribution is -0.155. The number of amides is 1. The topological polar surface area (TPSA) is 64.6 Å². The van der Waals surface area contributed by atoms with Gasteiger partial charge in [-0.25, -0.2) is 4.79 Å². The Morgan fingerprint density at radius 3 is 2.28 bits per heavy atom. The lowest BCUT2D eigenvalue weighted by atomic mass is 10.1. The summed E-state index contributed by atoms with van der Waals surface area (Å²) >= 11 is 5.79. The molecule has 0 aliphatic heterocycles. The fourth-order valence-electron chi connectivity index (χ4n) is 2.22. The Bertz CT molecular complexity index is 738. The van der Waals surface area contributed by atoms with E-state index in [9.17, 15) is 9.59 Å². The van der Waals surface area contributed by atoms with E-state index in [0.29, 0.717) is 16.5 Å². The molecule has 25 heavy (non-hydrogen) atoms. The molecule has 0 aliphatic carbocycles. The predicted molar refractivity (Wildman–Crippen MR) is 97.0 cm³/mol. The third-order valence-corrected chi connectivity index (χ3v) is 3.59. The second-order valence-corrected chi connectivity index (χ2v) is 6.18. The number of hydrogen-bond acceptors (Lipinski definition) is 4. The molecule has 0 heterocycles. The van der Waals surface area contributed by atoms with Gasteiger partial charge in [0.25, 0.3) is 5.91 Å². The minimum Gasteiger partial charge on any atom is -0.482 e.